The van der Waals surface area contributed by atoms with Crippen molar-refractivity contribution in [2.75, 3.05) is 32.8 Å². The fraction of sp³-hybridized carbons (Fsp3) is 0.625. The van der Waals surface area contributed by atoms with Crippen LogP contribution < -0.4 is 10.6 Å². The minimum atomic E-state index is -0.103. The Morgan fingerprint density at radius 1 is 1.58 bits per heavy atom. The Labute approximate surface area is 72.6 Å². The zero-order valence-corrected chi connectivity index (χ0v) is 7.18. The van der Waals surface area contributed by atoms with Crippen molar-refractivity contribution in [2.24, 2.45) is 0 Å². The van der Waals surface area contributed by atoms with Crippen LogP contribution in [0, 0.1) is 0 Å². The molecule has 0 aromatic heterocycles. The van der Waals surface area contributed by atoms with Gasteiger partial charge >= 0.3 is 0 Å². The van der Waals surface area contributed by atoms with Crippen molar-refractivity contribution in [2.45, 2.75) is 0 Å². The molecule has 0 atom stereocenters. The molecule has 68 valence electrons. The Hall–Kier alpha value is -0.870. The summed E-state index contributed by atoms with van der Waals surface area (Å²) in [7, 11) is 0. The van der Waals surface area contributed by atoms with Crippen molar-refractivity contribution >= 4 is 5.91 Å². The van der Waals surface area contributed by atoms with Crippen LogP contribution in [0.3, 0.4) is 0 Å². The Kier molecular flexibility index (Phi) is 3.76. The summed E-state index contributed by atoms with van der Waals surface area (Å²) in [6.07, 6.45) is 1.29. The van der Waals surface area contributed by atoms with Crippen LogP contribution >= 0.6 is 0 Å². The summed E-state index contributed by atoms with van der Waals surface area (Å²) in [5.41, 5.74) is 0. The number of rotatable bonds is 3. The van der Waals surface area contributed by atoms with Crippen LogP contribution in [0.4, 0.5) is 0 Å². The van der Waals surface area contributed by atoms with E-state index in [1.54, 1.807) is 0 Å². The summed E-state index contributed by atoms with van der Waals surface area (Å²) in [4.78, 5) is 13.0. The number of nitrogens with one attached hydrogen (secondary N) is 2. The van der Waals surface area contributed by atoms with Gasteiger partial charge in [-0.2, -0.15) is 0 Å². The maximum absolute atomic E-state index is 10.8. The van der Waals surface area contributed by atoms with Gasteiger partial charge in [-0.1, -0.05) is 6.58 Å². The number of carbonyl (C=O) groups excluding carboxylic acids is 1. The topological polar surface area (TPSA) is 44.4 Å². The summed E-state index contributed by atoms with van der Waals surface area (Å²) in [5, 5.41) is 5.99. The first-order valence-electron chi connectivity index (χ1n) is 4.16. The van der Waals surface area contributed by atoms with Gasteiger partial charge in [0.05, 0.1) is 6.67 Å². The van der Waals surface area contributed by atoms with E-state index < -0.39 is 0 Å². The lowest BCUT2D eigenvalue weighted by Gasteiger charge is -2.26. The van der Waals surface area contributed by atoms with Gasteiger partial charge < -0.3 is 10.6 Å². The summed E-state index contributed by atoms with van der Waals surface area (Å²) >= 11 is 0. The van der Waals surface area contributed by atoms with E-state index in [9.17, 15) is 4.79 Å². The predicted octanol–water partition coefficient (Wildman–Crippen LogP) is -0.849. The third-order valence-electron chi connectivity index (χ3n) is 1.87. The molecule has 0 spiro atoms. The fourth-order valence-corrected chi connectivity index (χ4v) is 1.13. The van der Waals surface area contributed by atoms with Crippen LogP contribution in [0.5, 0.6) is 0 Å². The van der Waals surface area contributed by atoms with E-state index >= 15 is 0 Å². The lowest BCUT2D eigenvalue weighted by atomic mass is 10.4. The molecule has 0 aromatic carbocycles. The molecule has 1 fully saturated rings. The van der Waals surface area contributed by atoms with E-state index in [-0.39, 0.29) is 5.91 Å². The van der Waals surface area contributed by atoms with E-state index in [2.05, 4.69) is 22.1 Å². The molecule has 0 aliphatic carbocycles. The summed E-state index contributed by atoms with van der Waals surface area (Å²) in [5.74, 6) is -0.103. The highest BCUT2D eigenvalue weighted by Crippen LogP contribution is 1.88. The van der Waals surface area contributed by atoms with Crippen LogP contribution in [0.1, 0.15) is 0 Å². The van der Waals surface area contributed by atoms with Crippen molar-refractivity contribution in [3.05, 3.63) is 12.7 Å². The minimum absolute atomic E-state index is 0.103. The van der Waals surface area contributed by atoms with Gasteiger partial charge in [0.25, 0.3) is 0 Å². The average molecular weight is 169 g/mol. The molecular weight excluding hydrogens is 154 g/mol. The second-order valence-electron chi connectivity index (χ2n) is 2.77. The van der Waals surface area contributed by atoms with Crippen molar-refractivity contribution in [3.8, 4) is 0 Å². The zero-order valence-electron chi connectivity index (χ0n) is 7.18. The lowest BCUT2D eigenvalue weighted by Crippen LogP contribution is -2.47. The highest BCUT2D eigenvalue weighted by atomic mass is 16.1. The molecule has 0 aromatic rings. The first-order valence-corrected chi connectivity index (χ1v) is 4.16. The Morgan fingerprint density at radius 2 is 2.25 bits per heavy atom. The lowest BCUT2D eigenvalue weighted by molar-refractivity contribution is -0.117. The number of amides is 1. The highest BCUT2D eigenvalue weighted by molar-refractivity contribution is 5.86. The normalized spacial score (nSPS) is 18.7. The first-order chi connectivity index (χ1) is 5.83. The summed E-state index contributed by atoms with van der Waals surface area (Å²) < 4.78 is 0. The Morgan fingerprint density at radius 3 is 2.83 bits per heavy atom. The number of piperazine rings is 1. The van der Waals surface area contributed by atoms with E-state index in [0.717, 1.165) is 26.2 Å². The van der Waals surface area contributed by atoms with E-state index in [1.807, 2.05) is 0 Å². The molecular formula is C8H15N3O. The molecule has 0 bridgehead atoms. The second-order valence-corrected chi connectivity index (χ2v) is 2.77. The average Bonchev–Trinajstić information content (AvgIpc) is 2.16. The molecule has 0 radical (unpaired) electrons. The molecule has 1 saturated heterocycles. The SMILES string of the molecule is C=CC(=O)NCN1CCNCC1. The third kappa shape index (κ3) is 3.02. The van der Waals surface area contributed by atoms with E-state index in [0.29, 0.717) is 6.67 Å². The Bertz CT molecular complexity index is 164. The fourth-order valence-electron chi connectivity index (χ4n) is 1.13. The van der Waals surface area contributed by atoms with E-state index in [4.69, 9.17) is 0 Å². The van der Waals surface area contributed by atoms with Gasteiger partial charge in [0.15, 0.2) is 0 Å². The standard InChI is InChI=1S/C8H15N3O/c1-2-8(12)10-7-11-5-3-9-4-6-11/h2,9H,1,3-7H2,(H,10,12). The van der Waals surface area contributed by atoms with Gasteiger partial charge in [-0.3, -0.25) is 9.69 Å². The molecule has 1 rings (SSSR count). The minimum Gasteiger partial charge on any atom is -0.340 e. The predicted molar refractivity (Wildman–Crippen MR) is 47.6 cm³/mol. The largest absolute Gasteiger partial charge is 0.340 e. The van der Waals surface area contributed by atoms with Crippen LogP contribution in [0.2, 0.25) is 0 Å². The zero-order chi connectivity index (χ0) is 8.81. The third-order valence-corrected chi connectivity index (χ3v) is 1.87. The van der Waals surface area contributed by atoms with Crippen molar-refractivity contribution in [1.29, 1.82) is 0 Å². The molecule has 1 amide bonds. The molecule has 1 aliphatic heterocycles. The van der Waals surface area contributed by atoms with Crippen LogP contribution in [0.25, 0.3) is 0 Å². The first kappa shape index (κ1) is 9.22. The maximum Gasteiger partial charge on any atom is 0.244 e. The van der Waals surface area contributed by atoms with Gasteiger partial charge in [0, 0.05) is 26.2 Å². The van der Waals surface area contributed by atoms with Crippen molar-refractivity contribution < 1.29 is 4.79 Å². The van der Waals surface area contributed by atoms with Crippen molar-refractivity contribution in [1.82, 2.24) is 15.5 Å². The maximum atomic E-state index is 10.8. The summed E-state index contributed by atoms with van der Waals surface area (Å²) in [6.45, 7) is 8.02. The van der Waals surface area contributed by atoms with Crippen LogP contribution in [0.15, 0.2) is 12.7 Å². The van der Waals surface area contributed by atoms with Gasteiger partial charge in [-0.05, 0) is 6.08 Å². The van der Waals surface area contributed by atoms with Crippen molar-refractivity contribution in [3.63, 3.8) is 0 Å². The highest BCUT2D eigenvalue weighted by Gasteiger charge is 2.08. The summed E-state index contributed by atoms with van der Waals surface area (Å²) in [6, 6.07) is 0. The van der Waals surface area contributed by atoms with Gasteiger partial charge in [0.1, 0.15) is 0 Å². The number of nitrogens with zero attached hydrogens (tertiary/aromatic N) is 1. The number of hydrogen-bond donors (Lipinski definition) is 2. The molecule has 12 heavy (non-hydrogen) atoms. The second kappa shape index (κ2) is 4.90. The van der Waals surface area contributed by atoms with Gasteiger partial charge in [0.2, 0.25) is 5.91 Å². The number of hydrogen-bond acceptors (Lipinski definition) is 3. The molecule has 0 saturated carbocycles. The van der Waals surface area contributed by atoms with E-state index in [1.165, 1.54) is 6.08 Å². The van der Waals surface area contributed by atoms with Gasteiger partial charge in [-0.15, -0.1) is 0 Å². The molecule has 1 aliphatic rings. The quantitative estimate of drug-likeness (QED) is 0.541. The molecule has 4 heteroatoms. The molecule has 2 N–H and O–H groups in total. The monoisotopic (exact) mass is 169 g/mol. The Balaban J connectivity index is 2.12. The van der Waals surface area contributed by atoms with Crippen LogP contribution in [-0.4, -0.2) is 43.7 Å². The smallest absolute Gasteiger partial charge is 0.244 e. The molecule has 4 nitrogen and oxygen atoms in total. The van der Waals surface area contributed by atoms with Crippen LogP contribution in [-0.2, 0) is 4.79 Å². The molecule has 0 unspecified atom stereocenters. The molecule has 1 heterocycles. The number of carbonyl (C=O) groups is 1. The van der Waals surface area contributed by atoms with Gasteiger partial charge in [-0.25, -0.2) is 0 Å².